The van der Waals surface area contributed by atoms with Crippen LogP contribution in [0.2, 0.25) is 0 Å². The van der Waals surface area contributed by atoms with Crippen molar-refractivity contribution in [2.24, 2.45) is 0 Å². The summed E-state index contributed by atoms with van der Waals surface area (Å²) in [7, 11) is 0. The first-order valence-corrected chi connectivity index (χ1v) is 5.62. The molecule has 0 aliphatic heterocycles. The first-order chi connectivity index (χ1) is 7.11. The highest BCUT2D eigenvalue weighted by atomic mass is 16.5. The van der Waals surface area contributed by atoms with Crippen molar-refractivity contribution in [3.63, 3.8) is 0 Å². The van der Waals surface area contributed by atoms with Crippen molar-refractivity contribution < 1.29 is 9.53 Å². The van der Waals surface area contributed by atoms with Gasteiger partial charge in [-0.3, -0.25) is 9.69 Å². The van der Waals surface area contributed by atoms with E-state index in [1.807, 2.05) is 13.0 Å². The number of hydrogen-bond acceptors (Lipinski definition) is 3. The SMILES string of the molecule is C=CCCCN(CC(=O)OCC)C(C)C. The molecule has 0 aromatic carbocycles. The highest BCUT2D eigenvalue weighted by Crippen LogP contribution is 2.02. The lowest BCUT2D eigenvalue weighted by Crippen LogP contribution is -2.37. The Kier molecular flexibility index (Phi) is 8.01. The van der Waals surface area contributed by atoms with E-state index in [4.69, 9.17) is 4.74 Å². The van der Waals surface area contributed by atoms with Crippen molar-refractivity contribution in [1.29, 1.82) is 0 Å². The zero-order valence-electron chi connectivity index (χ0n) is 10.2. The third-order valence-electron chi connectivity index (χ3n) is 2.22. The first-order valence-electron chi connectivity index (χ1n) is 5.62. The third kappa shape index (κ3) is 7.14. The van der Waals surface area contributed by atoms with Crippen LogP contribution in [0.15, 0.2) is 12.7 Å². The fraction of sp³-hybridized carbons (Fsp3) is 0.750. The quantitative estimate of drug-likeness (QED) is 0.352. The van der Waals surface area contributed by atoms with Gasteiger partial charge in [-0.2, -0.15) is 0 Å². The number of rotatable bonds is 8. The average Bonchev–Trinajstić information content (AvgIpc) is 2.16. The van der Waals surface area contributed by atoms with Gasteiger partial charge >= 0.3 is 5.97 Å². The van der Waals surface area contributed by atoms with E-state index in [2.05, 4.69) is 25.3 Å². The maximum Gasteiger partial charge on any atom is 0.320 e. The molecule has 3 heteroatoms. The minimum atomic E-state index is -0.134. The number of hydrogen-bond donors (Lipinski definition) is 0. The van der Waals surface area contributed by atoms with Crippen molar-refractivity contribution in [2.75, 3.05) is 19.7 Å². The highest BCUT2D eigenvalue weighted by molar-refractivity contribution is 5.71. The van der Waals surface area contributed by atoms with E-state index < -0.39 is 0 Å². The van der Waals surface area contributed by atoms with E-state index in [0.717, 1.165) is 19.4 Å². The van der Waals surface area contributed by atoms with E-state index in [0.29, 0.717) is 19.2 Å². The second-order valence-corrected chi connectivity index (χ2v) is 3.80. The molecule has 0 aromatic heterocycles. The van der Waals surface area contributed by atoms with Crippen LogP contribution in [0.3, 0.4) is 0 Å². The van der Waals surface area contributed by atoms with Crippen molar-refractivity contribution in [1.82, 2.24) is 4.90 Å². The topological polar surface area (TPSA) is 29.5 Å². The molecule has 0 fully saturated rings. The Balaban J connectivity index is 3.92. The van der Waals surface area contributed by atoms with Crippen LogP contribution in [0, 0.1) is 0 Å². The smallest absolute Gasteiger partial charge is 0.320 e. The van der Waals surface area contributed by atoms with Crippen LogP contribution in [0.4, 0.5) is 0 Å². The Morgan fingerprint density at radius 1 is 1.53 bits per heavy atom. The summed E-state index contributed by atoms with van der Waals surface area (Å²) in [6.07, 6.45) is 3.94. The molecule has 0 rings (SSSR count). The van der Waals surface area contributed by atoms with Crippen LogP contribution in [0.5, 0.6) is 0 Å². The van der Waals surface area contributed by atoms with Crippen molar-refractivity contribution >= 4 is 5.97 Å². The molecule has 0 N–H and O–H groups in total. The summed E-state index contributed by atoms with van der Waals surface area (Å²) in [5.41, 5.74) is 0. The largest absolute Gasteiger partial charge is 0.465 e. The number of esters is 1. The molecule has 0 bridgehead atoms. The molecule has 3 nitrogen and oxygen atoms in total. The molecule has 0 aromatic rings. The van der Waals surface area contributed by atoms with E-state index in [1.54, 1.807) is 0 Å². The molecule has 0 aliphatic carbocycles. The normalized spacial score (nSPS) is 10.7. The van der Waals surface area contributed by atoms with Gasteiger partial charge in [0.05, 0.1) is 13.2 Å². The Labute approximate surface area is 93.1 Å². The molecule has 0 spiro atoms. The summed E-state index contributed by atoms with van der Waals surface area (Å²) in [6, 6.07) is 0.374. The summed E-state index contributed by atoms with van der Waals surface area (Å²) in [4.78, 5) is 13.4. The lowest BCUT2D eigenvalue weighted by atomic mass is 10.2. The monoisotopic (exact) mass is 213 g/mol. The van der Waals surface area contributed by atoms with Crippen molar-refractivity contribution in [2.45, 2.75) is 39.7 Å². The predicted octanol–water partition coefficient (Wildman–Crippen LogP) is 2.23. The van der Waals surface area contributed by atoms with Gasteiger partial charge in [0.15, 0.2) is 0 Å². The maximum atomic E-state index is 11.3. The molecule has 0 unspecified atom stereocenters. The van der Waals surface area contributed by atoms with E-state index in [-0.39, 0.29) is 5.97 Å². The number of nitrogens with zero attached hydrogens (tertiary/aromatic N) is 1. The Bertz CT molecular complexity index is 190. The summed E-state index contributed by atoms with van der Waals surface area (Å²) in [5.74, 6) is -0.134. The molecule has 0 heterocycles. The fourth-order valence-corrected chi connectivity index (χ4v) is 1.33. The molecule has 0 amide bonds. The molecule has 88 valence electrons. The molecule has 0 saturated carbocycles. The van der Waals surface area contributed by atoms with Gasteiger partial charge in [0, 0.05) is 6.04 Å². The number of ether oxygens (including phenoxy) is 1. The van der Waals surface area contributed by atoms with Gasteiger partial charge in [-0.1, -0.05) is 6.08 Å². The lowest BCUT2D eigenvalue weighted by molar-refractivity contribution is -0.144. The van der Waals surface area contributed by atoms with Crippen LogP contribution < -0.4 is 0 Å². The van der Waals surface area contributed by atoms with Gasteiger partial charge in [-0.05, 0) is 40.2 Å². The number of unbranched alkanes of at least 4 members (excludes halogenated alkanes) is 1. The number of allylic oxidation sites excluding steroid dienone is 1. The summed E-state index contributed by atoms with van der Waals surface area (Å²) < 4.78 is 4.93. The Morgan fingerprint density at radius 3 is 2.67 bits per heavy atom. The zero-order chi connectivity index (χ0) is 11.7. The van der Waals surface area contributed by atoms with Crippen molar-refractivity contribution in [3.05, 3.63) is 12.7 Å². The van der Waals surface area contributed by atoms with Crippen LogP contribution in [-0.4, -0.2) is 36.6 Å². The highest BCUT2D eigenvalue weighted by Gasteiger charge is 2.13. The molecule has 0 aliphatic rings. The van der Waals surface area contributed by atoms with Gasteiger partial charge in [0.2, 0.25) is 0 Å². The standard InChI is InChI=1S/C12H23NO2/c1-5-7-8-9-13(11(3)4)10-12(14)15-6-2/h5,11H,1,6-10H2,2-4H3. The molecule has 15 heavy (non-hydrogen) atoms. The zero-order valence-corrected chi connectivity index (χ0v) is 10.2. The molecular weight excluding hydrogens is 190 g/mol. The van der Waals surface area contributed by atoms with Crippen molar-refractivity contribution in [3.8, 4) is 0 Å². The maximum absolute atomic E-state index is 11.3. The summed E-state index contributed by atoms with van der Waals surface area (Å²) in [6.45, 7) is 11.5. The second-order valence-electron chi connectivity index (χ2n) is 3.80. The number of carbonyl (C=O) groups is 1. The molecule has 0 radical (unpaired) electrons. The Morgan fingerprint density at radius 2 is 2.20 bits per heavy atom. The van der Waals surface area contributed by atoms with E-state index in [1.165, 1.54) is 0 Å². The van der Waals surface area contributed by atoms with Crippen LogP contribution in [0.1, 0.15) is 33.6 Å². The van der Waals surface area contributed by atoms with Gasteiger partial charge < -0.3 is 4.74 Å². The predicted molar refractivity (Wildman–Crippen MR) is 62.8 cm³/mol. The van der Waals surface area contributed by atoms with Crippen LogP contribution in [0.25, 0.3) is 0 Å². The number of carbonyl (C=O) groups excluding carboxylic acids is 1. The van der Waals surface area contributed by atoms with E-state index >= 15 is 0 Å². The lowest BCUT2D eigenvalue weighted by Gasteiger charge is -2.24. The Hall–Kier alpha value is -0.830. The summed E-state index contributed by atoms with van der Waals surface area (Å²) in [5, 5.41) is 0. The average molecular weight is 213 g/mol. The molecule has 0 saturated heterocycles. The van der Waals surface area contributed by atoms with Gasteiger partial charge in [0.1, 0.15) is 0 Å². The first kappa shape index (κ1) is 14.2. The second kappa shape index (κ2) is 8.48. The minimum Gasteiger partial charge on any atom is -0.465 e. The minimum absolute atomic E-state index is 0.134. The van der Waals surface area contributed by atoms with Crippen LogP contribution in [-0.2, 0) is 9.53 Å². The third-order valence-corrected chi connectivity index (χ3v) is 2.22. The van der Waals surface area contributed by atoms with E-state index in [9.17, 15) is 4.79 Å². The summed E-state index contributed by atoms with van der Waals surface area (Å²) >= 11 is 0. The van der Waals surface area contributed by atoms with Gasteiger partial charge in [0.25, 0.3) is 0 Å². The van der Waals surface area contributed by atoms with Crippen LogP contribution >= 0.6 is 0 Å². The fourth-order valence-electron chi connectivity index (χ4n) is 1.33. The van der Waals surface area contributed by atoms with Gasteiger partial charge in [-0.15, -0.1) is 6.58 Å². The van der Waals surface area contributed by atoms with Gasteiger partial charge in [-0.25, -0.2) is 0 Å². The molecule has 0 atom stereocenters. The molecular formula is C12H23NO2.